The van der Waals surface area contributed by atoms with Crippen LogP contribution in [0.15, 0.2) is 39.9 Å². The number of nitrogens with zero attached hydrogens (tertiary/aromatic N) is 2. The van der Waals surface area contributed by atoms with Gasteiger partial charge in [0, 0.05) is 12.7 Å². The summed E-state index contributed by atoms with van der Waals surface area (Å²) in [6.07, 6.45) is 2.06. The minimum absolute atomic E-state index is 0.111. The zero-order valence-corrected chi connectivity index (χ0v) is 16.5. The molecule has 0 spiro atoms. The van der Waals surface area contributed by atoms with Crippen LogP contribution in [0.3, 0.4) is 0 Å². The van der Waals surface area contributed by atoms with Crippen molar-refractivity contribution < 1.29 is 9.53 Å². The molecule has 3 aromatic rings. The predicted molar refractivity (Wildman–Crippen MR) is 108 cm³/mol. The van der Waals surface area contributed by atoms with Crippen LogP contribution in [0.4, 0.5) is 0 Å². The van der Waals surface area contributed by atoms with Crippen molar-refractivity contribution in [2.75, 3.05) is 7.11 Å². The SMILES string of the molecule is COc1ccc([C@H](NC(=O)c2cc(C)nc3c2c(=O)[nH]c(=O)n3C)C2CC2)cc1. The quantitative estimate of drug-likeness (QED) is 0.687. The second-order valence-corrected chi connectivity index (χ2v) is 7.39. The molecule has 0 unspecified atom stereocenters. The third-order valence-electron chi connectivity index (χ3n) is 5.30. The summed E-state index contributed by atoms with van der Waals surface area (Å²) in [6.45, 7) is 1.73. The number of methoxy groups -OCH3 is 1. The largest absolute Gasteiger partial charge is 0.497 e. The number of aromatic nitrogens is 3. The summed E-state index contributed by atoms with van der Waals surface area (Å²) in [5.74, 6) is 0.736. The number of ether oxygens (including phenoxy) is 1. The Morgan fingerprint density at radius 3 is 2.59 bits per heavy atom. The van der Waals surface area contributed by atoms with Crippen LogP contribution in [0, 0.1) is 12.8 Å². The first-order valence-corrected chi connectivity index (χ1v) is 9.44. The lowest BCUT2D eigenvalue weighted by atomic mass is 10.0. The number of amides is 1. The molecule has 1 aliphatic carbocycles. The van der Waals surface area contributed by atoms with Crippen LogP contribution < -0.4 is 21.3 Å². The monoisotopic (exact) mass is 394 g/mol. The van der Waals surface area contributed by atoms with Gasteiger partial charge in [0.25, 0.3) is 11.5 Å². The van der Waals surface area contributed by atoms with E-state index in [0.29, 0.717) is 11.6 Å². The van der Waals surface area contributed by atoms with Crippen LogP contribution >= 0.6 is 0 Å². The van der Waals surface area contributed by atoms with E-state index in [-0.39, 0.29) is 28.5 Å². The molecule has 29 heavy (non-hydrogen) atoms. The van der Waals surface area contributed by atoms with Gasteiger partial charge < -0.3 is 10.1 Å². The number of fused-ring (bicyclic) bond motifs is 1. The van der Waals surface area contributed by atoms with Gasteiger partial charge in [-0.15, -0.1) is 0 Å². The molecule has 2 heterocycles. The maximum absolute atomic E-state index is 13.2. The van der Waals surface area contributed by atoms with Gasteiger partial charge in [0.1, 0.15) is 11.4 Å². The van der Waals surface area contributed by atoms with Gasteiger partial charge in [-0.3, -0.25) is 19.1 Å². The lowest BCUT2D eigenvalue weighted by Crippen LogP contribution is -2.34. The molecule has 1 amide bonds. The molecule has 2 aromatic heterocycles. The smallest absolute Gasteiger partial charge is 0.329 e. The molecule has 1 fully saturated rings. The van der Waals surface area contributed by atoms with Crippen LogP contribution in [0.2, 0.25) is 0 Å². The summed E-state index contributed by atoms with van der Waals surface area (Å²) in [6, 6.07) is 9.02. The number of carbonyl (C=O) groups excluding carboxylic acids is 1. The standard InChI is InChI=1S/C21H22N4O4/c1-11-10-15(16-18(22-11)25(2)21(28)24-20(16)27)19(26)23-17(12-4-5-12)13-6-8-14(29-3)9-7-13/h6-10,12,17H,4-5H2,1-3H3,(H,23,26)(H,24,27,28)/t17-/m1/s1. The van der Waals surface area contributed by atoms with E-state index in [4.69, 9.17) is 4.74 Å². The summed E-state index contributed by atoms with van der Waals surface area (Å²) in [4.78, 5) is 44.1. The molecule has 1 atom stereocenters. The average Bonchev–Trinajstić information content (AvgIpc) is 3.54. The molecule has 0 bridgehead atoms. The Bertz CT molecular complexity index is 1210. The molecular weight excluding hydrogens is 372 g/mol. The van der Waals surface area contributed by atoms with Crippen LogP contribution in [0.1, 0.15) is 40.5 Å². The highest BCUT2D eigenvalue weighted by molar-refractivity contribution is 6.05. The van der Waals surface area contributed by atoms with E-state index in [0.717, 1.165) is 24.2 Å². The topological polar surface area (TPSA) is 106 Å². The number of hydrogen-bond acceptors (Lipinski definition) is 5. The third-order valence-corrected chi connectivity index (χ3v) is 5.30. The molecular formula is C21H22N4O4. The highest BCUT2D eigenvalue weighted by Crippen LogP contribution is 2.41. The van der Waals surface area contributed by atoms with E-state index in [1.807, 2.05) is 24.3 Å². The first kappa shape index (κ1) is 18.9. The zero-order chi connectivity index (χ0) is 20.7. The van der Waals surface area contributed by atoms with Gasteiger partial charge in [-0.2, -0.15) is 0 Å². The van der Waals surface area contributed by atoms with Crippen molar-refractivity contribution in [1.82, 2.24) is 19.9 Å². The van der Waals surface area contributed by atoms with Crippen molar-refractivity contribution >= 4 is 16.9 Å². The third kappa shape index (κ3) is 3.53. The van der Waals surface area contributed by atoms with E-state index in [9.17, 15) is 14.4 Å². The van der Waals surface area contributed by atoms with Gasteiger partial charge in [0.2, 0.25) is 0 Å². The van der Waals surface area contributed by atoms with Crippen LogP contribution in [-0.4, -0.2) is 27.6 Å². The van der Waals surface area contributed by atoms with E-state index >= 15 is 0 Å². The maximum Gasteiger partial charge on any atom is 0.329 e. The van der Waals surface area contributed by atoms with Crippen molar-refractivity contribution in [3.05, 3.63) is 68.0 Å². The average molecular weight is 394 g/mol. The normalized spacial score (nSPS) is 14.6. The Labute approximate surface area is 166 Å². The van der Waals surface area contributed by atoms with Crippen molar-refractivity contribution in [2.24, 2.45) is 13.0 Å². The van der Waals surface area contributed by atoms with Crippen LogP contribution in [0.5, 0.6) is 5.75 Å². The fraction of sp³-hybridized carbons (Fsp3) is 0.333. The summed E-state index contributed by atoms with van der Waals surface area (Å²) in [7, 11) is 3.12. The Hall–Kier alpha value is -3.42. The van der Waals surface area contributed by atoms with Gasteiger partial charge in [-0.1, -0.05) is 12.1 Å². The van der Waals surface area contributed by atoms with Gasteiger partial charge in [-0.25, -0.2) is 9.78 Å². The molecule has 1 aromatic carbocycles. The predicted octanol–water partition coefficient (Wildman–Crippen LogP) is 1.82. The fourth-order valence-electron chi connectivity index (χ4n) is 3.58. The van der Waals surface area contributed by atoms with E-state index < -0.39 is 11.2 Å². The second kappa shape index (κ2) is 7.20. The molecule has 4 rings (SSSR count). The minimum atomic E-state index is -0.617. The fourth-order valence-corrected chi connectivity index (χ4v) is 3.58. The molecule has 8 nitrogen and oxygen atoms in total. The number of pyridine rings is 1. The summed E-state index contributed by atoms with van der Waals surface area (Å²) in [5, 5.41) is 3.19. The van der Waals surface area contributed by atoms with Crippen molar-refractivity contribution in [2.45, 2.75) is 25.8 Å². The Balaban J connectivity index is 1.75. The Morgan fingerprint density at radius 2 is 1.97 bits per heavy atom. The van der Waals surface area contributed by atoms with Gasteiger partial charge in [0.15, 0.2) is 0 Å². The lowest BCUT2D eigenvalue weighted by Gasteiger charge is -2.20. The maximum atomic E-state index is 13.2. The number of aryl methyl sites for hydroxylation is 2. The van der Waals surface area contributed by atoms with Crippen LogP contribution in [0.25, 0.3) is 11.0 Å². The first-order chi connectivity index (χ1) is 13.9. The van der Waals surface area contributed by atoms with E-state index in [2.05, 4.69) is 15.3 Å². The minimum Gasteiger partial charge on any atom is -0.497 e. The van der Waals surface area contributed by atoms with Crippen molar-refractivity contribution in [3.63, 3.8) is 0 Å². The highest BCUT2D eigenvalue weighted by Gasteiger charge is 2.34. The highest BCUT2D eigenvalue weighted by atomic mass is 16.5. The molecule has 2 N–H and O–H groups in total. The van der Waals surface area contributed by atoms with Crippen molar-refractivity contribution in [3.8, 4) is 5.75 Å². The zero-order valence-electron chi connectivity index (χ0n) is 16.5. The molecule has 0 saturated heterocycles. The van der Waals surface area contributed by atoms with Gasteiger partial charge in [0.05, 0.1) is 24.1 Å². The number of nitrogens with one attached hydrogen (secondary N) is 2. The van der Waals surface area contributed by atoms with Gasteiger partial charge >= 0.3 is 5.69 Å². The molecule has 1 saturated carbocycles. The van der Waals surface area contributed by atoms with Crippen LogP contribution in [-0.2, 0) is 7.05 Å². The molecule has 1 aliphatic rings. The number of rotatable bonds is 5. The Morgan fingerprint density at radius 1 is 1.28 bits per heavy atom. The first-order valence-electron chi connectivity index (χ1n) is 9.44. The summed E-state index contributed by atoms with van der Waals surface area (Å²) >= 11 is 0. The van der Waals surface area contributed by atoms with Crippen molar-refractivity contribution in [1.29, 1.82) is 0 Å². The number of carbonyl (C=O) groups is 1. The van der Waals surface area contributed by atoms with E-state index in [1.165, 1.54) is 11.6 Å². The molecule has 150 valence electrons. The second-order valence-electron chi connectivity index (χ2n) is 7.39. The number of benzene rings is 1. The number of aromatic amines is 1. The molecule has 0 aliphatic heterocycles. The summed E-state index contributed by atoms with van der Waals surface area (Å²) in [5.41, 5.74) is 0.753. The lowest BCUT2D eigenvalue weighted by molar-refractivity contribution is 0.0933. The van der Waals surface area contributed by atoms with E-state index in [1.54, 1.807) is 20.1 Å². The number of hydrogen-bond donors (Lipinski definition) is 2. The molecule has 0 radical (unpaired) electrons. The summed E-state index contributed by atoms with van der Waals surface area (Å²) < 4.78 is 6.45. The number of H-pyrrole nitrogens is 1. The molecule has 8 heteroatoms. The van der Waals surface area contributed by atoms with Gasteiger partial charge in [-0.05, 0) is 49.4 Å². The Kier molecular flexibility index (Phi) is 4.70.